The lowest BCUT2D eigenvalue weighted by Crippen LogP contribution is -2.37. The maximum Gasteiger partial charge on any atom is 0.270 e. The van der Waals surface area contributed by atoms with E-state index >= 15 is 0 Å². The molecule has 0 atom stereocenters. The van der Waals surface area contributed by atoms with Crippen LogP contribution in [-0.4, -0.2) is 28.8 Å². The molecule has 0 unspecified atom stereocenters. The molecule has 2 aromatic rings. The van der Waals surface area contributed by atoms with Gasteiger partial charge >= 0.3 is 0 Å². The van der Waals surface area contributed by atoms with E-state index < -0.39 is 4.92 Å². The molecule has 0 saturated carbocycles. The second-order valence-electron chi connectivity index (χ2n) is 5.93. The van der Waals surface area contributed by atoms with Crippen LogP contribution in [0.2, 0.25) is 5.02 Å². The van der Waals surface area contributed by atoms with Gasteiger partial charge in [0.15, 0.2) is 0 Å². The monoisotopic (exact) mass is 344 g/mol. The first-order valence-corrected chi connectivity index (χ1v) is 8.21. The molecule has 0 aromatic heterocycles. The van der Waals surface area contributed by atoms with Gasteiger partial charge in [-0.25, -0.2) is 0 Å². The van der Waals surface area contributed by atoms with Crippen molar-refractivity contribution in [2.24, 2.45) is 0 Å². The Balaban J connectivity index is 1.67. The number of nitro benzene ring substituents is 1. The molecule has 1 saturated heterocycles. The standard InChI is InChI=1S/C18H17ClN2O3/c19-16-5-1-3-14(11-16)13-7-9-20(10-8-13)18(22)15-4-2-6-17(12-15)21(23)24/h1-6,11-13H,7-10H2. The van der Waals surface area contributed by atoms with Gasteiger partial charge in [-0.15, -0.1) is 0 Å². The SMILES string of the molecule is O=C(c1cccc([N+](=O)[O-])c1)N1CCC(c2cccc(Cl)c2)CC1. The van der Waals surface area contributed by atoms with Crippen LogP contribution < -0.4 is 0 Å². The van der Waals surface area contributed by atoms with Crippen LogP contribution in [0.1, 0.15) is 34.7 Å². The fraction of sp³-hybridized carbons (Fsp3) is 0.278. The van der Waals surface area contributed by atoms with Crippen LogP contribution in [0.5, 0.6) is 0 Å². The van der Waals surface area contributed by atoms with Crippen LogP contribution in [0.3, 0.4) is 0 Å². The van der Waals surface area contributed by atoms with Gasteiger partial charge in [-0.1, -0.05) is 29.8 Å². The number of carbonyl (C=O) groups is 1. The Bertz CT molecular complexity index is 770. The Kier molecular flexibility index (Phi) is 4.81. The molecule has 0 spiro atoms. The summed E-state index contributed by atoms with van der Waals surface area (Å²) in [6, 6.07) is 13.7. The molecule has 24 heavy (non-hydrogen) atoms. The Morgan fingerprint density at radius 1 is 1.12 bits per heavy atom. The third kappa shape index (κ3) is 3.57. The number of carbonyl (C=O) groups excluding carboxylic acids is 1. The number of hydrogen-bond donors (Lipinski definition) is 0. The molecule has 5 nitrogen and oxygen atoms in total. The van der Waals surface area contributed by atoms with Crippen LogP contribution in [0.4, 0.5) is 5.69 Å². The normalized spacial score (nSPS) is 15.3. The van der Waals surface area contributed by atoms with Gasteiger partial charge < -0.3 is 4.90 Å². The highest BCUT2D eigenvalue weighted by molar-refractivity contribution is 6.30. The molecule has 1 aliphatic heterocycles. The third-order valence-corrected chi connectivity index (χ3v) is 4.64. The highest BCUT2D eigenvalue weighted by atomic mass is 35.5. The number of likely N-dealkylation sites (tertiary alicyclic amines) is 1. The third-order valence-electron chi connectivity index (χ3n) is 4.41. The molecular formula is C18H17ClN2O3. The molecular weight excluding hydrogens is 328 g/mol. The predicted molar refractivity (Wildman–Crippen MR) is 92.4 cm³/mol. The number of nitro groups is 1. The zero-order chi connectivity index (χ0) is 17.1. The number of halogens is 1. The number of non-ortho nitro benzene ring substituents is 1. The zero-order valence-electron chi connectivity index (χ0n) is 13.0. The van der Waals surface area contributed by atoms with E-state index in [1.54, 1.807) is 17.0 Å². The van der Waals surface area contributed by atoms with Gasteiger partial charge in [0, 0.05) is 35.8 Å². The number of benzene rings is 2. The smallest absolute Gasteiger partial charge is 0.270 e. The summed E-state index contributed by atoms with van der Waals surface area (Å²) in [4.78, 5) is 24.7. The van der Waals surface area contributed by atoms with Crippen molar-refractivity contribution in [3.63, 3.8) is 0 Å². The largest absolute Gasteiger partial charge is 0.339 e. The lowest BCUT2D eigenvalue weighted by molar-refractivity contribution is -0.384. The average molecular weight is 345 g/mol. The summed E-state index contributed by atoms with van der Waals surface area (Å²) >= 11 is 6.04. The van der Waals surface area contributed by atoms with E-state index in [-0.39, 0.29) is 11.6 Å². The van der Waals surface area contributed by atoms with E-state index in [1.807, 2.05) is 18.2 Å². The number of nitrogens with zero attached hydrogens (tertiary/aromatic N) is 2. The zero-order valence-corrected chi connectivity index (χ0v) is 13.8. The van der Waals surface area contributed by atoms with Crippen molar-refractivity contribution < 1.29 is 9.72 Å². The molecule has 1 heterocycles. The van der Waals surface area contributed by atoms with Crippen molar-refractivity contribution in [3.05, 3.63) is 74.8 Å². The van der Waals surface area contributed by atoms with Gasteiger partial charge in [-0.3, -0.25) is 14.9 Å². The van der Waals surface area contributed by atoms with Crippen LogP contribution >= 0.6 is 11.6 Å². The Morgan fingerprint density at radius 2 is 1.83 bits per heavy atom. The first kappa shape index (κ1) is 16.5. The summed E-state index contributed by atoms with van der Waals surface area (Å²) in [5.41, 5.74) is 1.50. The molecule has 6 heteroatoms. The maximum atomic E-state index is 12.6. The summed E-state index contributed by atoms with van der Waals surface area (Å²) in [6.07, 6.45) is 1.72. The number of rotatable bonds is 3. The highest BCUT2D eigenvalue weighted by Gasteiger charge is 2.25. The molecule has 0 bridgehead atoms. The molecule has 3 rings (SSSR count). The lowest BCUT2D eigenvalue weighted by atomic mass is 9.89. The van der Waals surface area contributed by atoms with Crippen molar-refractivity contribution in [2.45, 2.75) is 18.8 Å². The number of amides is 1. The number of piperidine rings is 1. The van der Waals surface area contributed by atoms with Gasteiger partial charge in [0.05, 0.1) is 4.92 Å². The van der Waals surface area contributed by atoms with Gasteiger partial charge in [-0.2, -0.15) is 0 Å². The summed E-state index contributed by atoms with van der Waals surface area (Å²) in [5.74, 6) is 0.237. The van der Waals surface area contributed by atoms with Crippen LogP contribution in [0.15, 0.2) is 48.5 Å². The minimum atomic E-state index is -0.484. The molecule has 1 amide bonds. The van der Waals surface area contributed by atoms with E-state index in [0.29, 0.717) is 24.6 Å². The van der Waals surface area contributed by atoms with Crippen LogP contribution in [0.25, 0.3) is 0 Å². The first-order valence-electron chi connectivity index (χ1n) is 7.84. The van der Waals surface area contributed by atoms with Crippen molar-refractivity contribution in [1.29, 1.82) is 0 Å². The Labute approximate surface area is 145 Å². The fourth-order valence-electron chi connectivity index (χ4n) is 3.11. The number of hydrogen-bond acceptors (Lipinski definition) is 3. The summed E-state index contributed by atoms with van der Waals surface area (Å²) in [6.45, 7) is 1.28. The van der Waals surface area contributed by atoms with Gasteiger partial charge in [0.25, 0.3) is 11.6 Å². The van der Waals surface area contributed by atoms with E-state index in [1.165, 1.54) is 17.7 Å². The Hall–Kier alpha value is -2.40. The second kappa shape index (κ2) is 7.01. The minimum absolute atomic E-state index is 0.0605. The van der Waals surface area contributed by atoms with E-state index in [9.17, 15) is 14.9 Å². The predicted octanol–water partition coefficient (Wildman–Crippen LogP) is 4.27. The summed E-state index contributed by atoms with van der Waals surface area (Å²) in [7, 11) is 0. The second-order valence-corrected chi connectivity index (χ2v) is 6.37. The first-order chi connectivity index (χ1) is 11.5. The van der Waals surface area contributed by atoms with E-state index in [2.05, 4.69) is 6.07 Å². The van der Waals surface area contributed by atoms with Gasteiger partial charge in [0.2, 0.25) is 0 Å². The van der Waals surface area contributed by atoms with Crippen molar-refractivity contribution in [2.75, 3.05) is 13.1 Å². The van der Waals surface area contributed by atoms with Gasteiger partial charge in [-0.05, 0) is 42.5 Å². The van der Waals surface area contributed by atoms with E-state index in [4.69, 9.17) is 11.6 Å². The van der Waals surface area contributed by atoms with Crippen LogP contribution in [-0.2, 0) is 0 Å². The Morgan fingerprint density at radius 3 is 2.50 bits per heavy atom. The fourth-order valence-corrected chi connectivity index (χ4v) is 3.31. The van der Waals surface area contributed by atoms with Crippen molar-refractivity contribution in [1.82, 2.24) is 4.90 Å². The highest BCUT2D eigenvalue weighted by Crippen LogP contribution is 2.30. The van der Waals surface area contributed by atoms with Gasteiger partial charge in [0.1, 0.15) is 0 Å². The minimum Gasteiger partial charge on any atom is -0.339 e. The quantitative estimate of drug-likeness (QED) is 0.617. The van der Waals surface area contributed by atoms with Crippen molar-refractivity contribution in [3.8, 4) is 0 Å². The summed E-state index contributed by atoms with van der Waals surface area (Å²) < 4.78 is 0. The maximum absolute atomic E-state index is 12.6. The molecule has 124 valence electrons. The molecule has 1 fully saturated rings. The van der Waals surface area contributed by atoms with Crippen LogP contribution in [0, 0.1) is 10.1 Å². The molecule has 0 aliphatic carbocycles. The molecule has 2 aromatic carbocycles. The van der Waals surface area contributed by atoms with Crippen molar-refractivity contribution >= 4 is 23.2 Å². The summed E-state index contributed by atoms with van der Waals surface area (Å²) in [5, 5.41) is 11.6. The molecule has 0 N–H and O–H groups in total. The average Bonchev–Trinajstić information content (AvgIpc) is 2.61. The lowest BCUT2D eigenvalue weighted by Gasteiger charge is -2.32. The molecule has 0 radical (unpaired) electrons. The topological polar surface area (TPSA) is 63.4 Å². The molecule has 1 aliphatic rings. The van der Waals surface area contributed by atoms with E-state index in [0.717, 1.165) is 17.9 Å².